The molecule has 2 N–H and O–H groups in total. The molecule has 0 saturated heterocycles. The van der Waals surface area contributed by atoms with Gasteiger partial charge in [0.1, 0.15) is 0 Å². The third-order valence-corrected chi connectivity index (χ3v) is 4.12. The van der Waals surface area contributed by atoms with Crippen molar-refractivity contribution >= 4 is 27.5 Å². The summed E-state index contributed by atoms with van der Waals surface area (Å²) in [5.41, 5.74) is 6.95. The molecule has 1 fully saturated rings. The van der Waals surface area contributed by atoms with Crippen LogP contribution in [0.1, 0.15) is 28.8 Å². The maximum Gasteiger partial charge on any atom is 0.248 e. The highest BCUT2D eigenvalue weighted by molar-refractivity contribution is 6.09. The maximum atomic E-state index is 11.3. The van der Waals surface area contributed by atoms with Crippen LogP contribution in [0.4, 0.5) is 0 Å². The van der Waals surface area contributed by atoms with Gasteiger partial charge in [-0.05, 0) is 58.7 Å². The van der Waals surface area contributed by atoms with E-state index in [9.17, 15) is 4.79 Å². The fraction of sp³-hybridized carbons (Fsp3) is 0.150. The summed E-state index contributed by atoms with van der Waals surface area (Å²) in [6.07, 6.45) is 2.49. The molecule has 2 heteroatoms. The Kier molecular flexibility index (Phi) is 2.87. The van der Waals surface area contributed by atoms with Crippen molar-refractivity contribution in [1.82, 2.24) is 0 Å². The number of hydrogen-bond acceptors (Lipinski definition) is 1. The normalized spacial score (nSPS) is 13.8. The molecule has 0 heterocycles. The Morgan fingerprint density at radius 2 is 1.64 bits per heavy atom. The molecule has 0 radical (unpaired) electrons. The lowest BCUT2D eigenvalue weighted by molar-refractivity contribution is 0.100. The third kappa shape index (κ3) is 2.31. The predicted octanol–water partition coefficient (Wildman–Crippen LogP) is 3.85. The van der Waals surface area contributed by atoms with Gasteiger partial charge in [0, 0.05) is 17.0 Å². The second-order valence-electron chi connectivity index (χ2n) is 5.85. The monoisotopic (exact) mass is 285 g/mol. The Labute approximate surface area is 128 Å². The zero-order chi connectivity index (χ0) is 15.1. The molecule has 106 valence electrons. The summed E-state index contributed by atoms with van der Waals surface area (Å²) in [6, 6.07) is 16.0. The van der Waals surface area contributed by atoms with E-state index in [2.05, 4.69) is 36.1 Å². The smallest absolute Gasteiger partial charge is 0.248 e. The minimum Gasteiger partial charge on any atom is -0.366 e. The number of carbonyl (C=O) groups excluding carboxylic acids is 1. The van der Waals surface area contributed by atoms with E-state index >= 15 is 0 Å². The van der Waals surface area contributed by atoms with Gasteiger partial charge in [0.25, 0.3) is 0 Å². The van der Waals surface area contributed by atoms with E-state index in [1.54, 1.807) is 6.07 Å². The van der Waals surface area contributed by atoms with E-state index in [0.717, 1.165) is 16.3 Å². The molecule has 0 aliphatic heterocycles. The summed E-state index contributed by atoms with van der Waals surface area (Å²) >= 11 is 0. The number of benzene rings is 3. The van der Waals surface area contributed by atoms with Gasteiger partial charge in [0.2, 0.25) is 5.91 Å². The number of nitrogens with two attached hydrogens (primary N) is 1. The van der Waals surface area contributed by atoms with Gasteiger partial charge < -0.3 is 5.73 Å². The Morgan fingerprint density at radius 1 is 0.955 bits per heavy atom. The predicted molar refractivity (Wildman–Crippen MR) is 89.6 cm³/mol. The fourth-order valence-electron chi connectivity index (χ4n) is 2.72. The quantitative estimate of drug-likeness (QED) is 0.535. The zero-order valence-corrected chi connectivity index (χ0v) is 12.1. The first-order valence-corrected chi connectivity index (χ1v) is 7.48. The van der Waals surface area contributed by atoms with Gasteiger partial charge in [-0.3, -0.25) is 4.79 Å². The second-order valence-corrected chi connectivity index (χ2v) is 5.85. The molecule has 4 rings (SSSR count). The van der Waals surface area contributed by atoms with Gasteiger partial charge in [-0.2, -0.15) is 0 Å². The number of primary amides is 1. The number of hydrogen-bond donors (Lipinski definition) is 1. The van der Waals surface area contributed by atoms with Crippen LogP contribution >= 0.6 is 0 Å². The number of fused-ring (bicyclic) bond motifs is 3. The Balaban J connectivity index is 1.85. The van der Waals surface area contributed by atoms with Crippen molar-refractivity contribution < 1.29 is 4.79 Å². The molecule has 1 aliphatic carbocycles. The van der Waals surface area contributed by atoms with Gasteiger partial charge in [-0.15, -0.1) is 0 Å². The Hall–Kier alpha value is -2.79. The molecule has 3 aromatic rings. The van der Waals surface area contributed by atoms with Gasteiger partial charge in [0.15, 0.2) is 0 Å². The molecule has 0 bridgehead atoms. The van der Waals surface area contributed by atoms with Crippen molar-refractivity contribution in [1.29, 1.82) is 0 Å². The van der Waals surface area contributed by atoms with E-state index in [-0.39, 0.29) is 0 Å². The van der Waals surface area contributed by atoms with Crippen molar-refractivity contribution in [3.63, 3.8) is 0 Å². The van der Waals surface area contributed by atoms with Crippen LogP contribution in [-0.2, 0) is 0 Å². The van der Waals surface area contributed by atoms with Crippen LogP contribution in [0.2, 0.25) is 0 Å². The Bertz CT molecular complexity index is 971. The molecule has 1 saturated carbocycles. The molecule has 0 atom stereocenters. The van der Waals surface area contributed by atoms with E-state index in [1.165, 1.54) is 23.6 Å². The van der Waals surface area contributed by atoms with Gasteiger partial charge in [0.05, 0.1) is 0 Å². The zero-order valence-electron chi connectivity index (χ0n) is 12.1. The lowest BCUT2D eigenvalue weighted by Gasteiger charge is -2.06. The minimum atomic E-state index is -0.396. The van der Waals surface area contributed by atoms with Crippen LogP contribution in [0, 0.1) is 17.8 Å². The molecular weight excluding hydrogens is 270 g/mol. The average molecular weight is 285 g/mol. The molecule has 2 nitrogen and oxygen atoms in total. The Morgan fingerprint density at radius 3 is 2.32 bits per heavy atom. The SMILES string of the molecule is NC(=O)c1ccc2c(ccc3cc(C#CC4CC4)ccc32)c1. The van der Waals surface area contributed by atoms with Crippen LogP contribution in [0.15, 0.2) is 48.5 Å². The molecule has 0 aromatic heterocycles. The van der Waals surface area contributed by atoms with Crippen LogP contribution in [0.5, 0.6) is 0 Å². The van der Waals surface area contributed by atoms with E-state index in [1.807, 2.05) is 18.2 Å². The minimum absolute atomic E-state index is 0.396. The standard InChI is InChI=1S/C20H15NO/c21-20(22)17-8-10-19-16(12-17)7-6-15-11-14(5-9-18(15)19)4-3-13-1-2-13/h5-13H,1-2H2,(H2,21,22). The average Bonchev–Trinajstić information content (AvgIpc) is 3.36. The van der Waals surface area contributed by atoms with Crippen molar-refractivity contribution in [2.75, 3.05) is 0 Å². The summed E-state index contributed by atoms with van der Waals surface area (Å²) in [7, 11) is 0. The van der Waals surface area contributed by atoms with Crippen LogP contribution in [-0.4, -0.2) is 5.91 Å². The fourth-order valence-corrected chi connectivity index (χ4v) is 2.72. The summed E-state index contributed by atoms with van der Waals surface area (Å²) in [5, 5.41) is 4.50. The molecule has 1 amide bonds. The second kappa shape index (κ2) is 4.89. The van der Waals surface area contributed by atoms with E-state index in [4.69, 9.17) is 5.73 Å². The molecule has 1 aliphatic rings. The van der Waals surface area contributed by atoms with Crippen molar-refractivity contribution in [3.05, 3.63) is 59.7 Å². The number of amides is 1. The van der Waals surface area contributed by atoms with E-state index < -0.39 is 5.91 Å². The molecular formula is C20H15NO. The first-order valence-electron chi connectivity index (χ1n) is 7.48. The highest BCUT2D eigenvalue weighted by Crippen LogP contribution is 2.29. The summed E-state index contributed by atoms with van der Waals surface area (Å²) in [6.45, 7) is 0. The first kappa shape index (κ1) is 12.9. The summed E-state index contributed by atoms with van der Waals surface area (Å²) in [4.78, 5) is 11.3. The lowest BCUT2D eigenvalue weighted by atomic mass is 9.98. The molecule has 0 unspecified atom stereocenters. The topological polar surface area (TPSA) is 43.1 Å². The van der Waals surface area contributed by atoms with Gasteiger partial charge in [-0.25, -0.2) is 0 Å². The van der Waals surface area contributed by atoms with Crippen molar-refractivity contribution in [2.45, 2.75) is 12.8 Å². The van der Waals surface area contributed by atoms with Crippen molar-refractivity contribution in [3.8, 4) is 11.8 Å². The van der Waals surface area contributed by atoms with Crippen LogP contribution in [0.3, 0.4) is 0 Å². The highest BCUT2D eigenvalue weighted by Gasteiger charge is 2.17. The lowest BCUT2D eigenvalue weighted by Crippen LogP contribution is -2.10. The maximum absolute atomic E-state index is 11.3. The molecule has 3 aromatic carbocycles. The van der Waals surface area contributed by atoms with Crippen LogP contribution in [0.25, 0.3) is 21.5 Å². The third-order valence-electron chi connectivity index (χ3n) is 4.12. The summed E-state index contributed by atoms with van der Waals surface area (Å²) in [5.74, 6) is 6.77. The van der Waals surface area contributed by atoms with Gasteiger partial charge >= 0.3 is 0 Å². The molecule has 22 heavy (non-hydrogen) atoms. The number of rotatable bonds is 1. The largest absolute Gasteiger partial charge is 0.366 e. The number of carbonyl (C=O) groups is 1. The molecule has 0 spiro atoms. The summed E-state index contributed by atoms with van der Waals surface area (Å²) < 4.78 is 0. The van der Waals surface area contributed by atoms with Gasteiger partial charge in [-0.1, -0.05) is 36.1 Å². The first-order chi connectivity index (χ1) is 10.7. The van der Waals surface area contributed by atoms with Crippen LogP contribution < -0.4 is 5.73 Å². The van der Waals surface area contributed by atoms with Crippen molar-refractivity contribution in [2.24, 2.45) is 11.7 Å². The van der Waals surface area contributed by atoms with E-state index in [0.29, 0.717) is 11.5 Å². The highest BCUT2D eigenvalue weighted by atomic mass is 16.1.